The topological polar surface area (TPSA) is 49.6 Å². The van der Waals surface area contributed by atoms with E-state index < -0.39 is 5.41 Å². The summed E-state index contributed by atoms with van der Waals surface area (Å²) in [5.74, 6) is 0. The molecule has 0 aliphatic rings. The summed E-state index contributed by atoms with van der Waals surface area (Å²) < 4.78 is 0. The molecule has 15 heavy (non-hydrogen) atoms. The van der Waals surface area contributed by atoms with E-state index in [9.17, 15) is 0 Å². The van der Waals surface area contributed by atoms with Gasteiger partial charge in [0.05, 0.1) is 22.7 Å². The molecule has 0 saturated heterocycles. The third-order valence-corrected chi connectivity index (χ3v) is 2.41. The van der Waals surface area contributed by atoms with Gasteiger partial charge >= 0.3 is 0 Å². The van der Waals surface area contributed by atoms with Gasteiger partial charge < -0.3 is 0 Å². The van der Waals surface area contributed by atoms with Crippen molar-refractivity contribution in [2.75, 3.05) is 0 Å². The van der Waals surface area contributed by atoms with Crippen LogP contribution in [0.5, 0.6) is 0 Å². The van der Waals surface area contributed by atoms with Crippen LogP contribution in [0.4, 0.5) is 0 Å². The molecular weight excluding hydrogens is 186 g/mol. The maximum Gasteiger partial charge on any atom is 0.0956 e. The van der Waals surface area contributed by atoms with Crippen molar-refractivity contribution in [1.82, 2.24) is 10.2 Å². The van der Waals surface area contributed by atoms with Crippen LogP contribution in [-0.2, 0) is 5.41 Å². The second-order valence-corrected chi connectivity index (χ2v) is 4.03. The highest BCUT2D eigenvalue weighted by atomic mass is 15.1. The fraction of sp³-hybridized carbons (Fsp3) is 0.250. The quantitative estimate of drug-likeness (QED) is 0.705. The SMILES string of the molecule is CC(C)(C#N)c1cc2ccccc2nn1. The lowest BCUT2D eigenvalue weighted by molar-refractivity contribution is 0.647. The first kappa shape index (κ1) is 9.60. The van der Waals surface area contributed by atoms with Crippen molar-refractivity contribution in [3.8, 4) is 6.07 Å². The fourth-order valence-electron chi connectivity index (χ4n) is 1.35. The van der Waals surface area contributed by atoms with Crippen molar-refractivity contribution in [3.05, 3.63) is 36.0 Å². The highest BCUT2D eigenvalue weighted by Crippen LogP contribution is 2.22. The Morgan fingerprint density at radius 2 is 1.93 bits per heavy atom. The second-order valence-electron chi connectivity index (χ2n) is 4.03. The first-order chi connectivity index (χ1) is 7.13. The van der Waals surface area contributed by atoms with Gasteiger partial charge in [-0.05, 0) is 26.0 Å². The van der Waals surface area contributed by atoms with Gasteiger partial charge in [-0.15, -0.1) is 0 Å². The Morgan fingerprint density at radius 3 is 2.67 bits per heavy atom. The van der Waals surface area contributed by atoms with Crippen LogP contribution in [-0.4, -0.2) is 10.2 Å². The van der Waals surface area contributed by atoms with Crippen LogP contribution < -0.4 is 0 Å². The molecule has 74 valence electrons. The fourth-order valence-corrected chi connectivity index (χ4v) is 1.35. The molecule has 2 aromatic rings. The van der Waals surface area contributed by atoms with Crippen LogP contribution in [0.15, 0.2) is 30.3 Å². The Bertz CT molecular complexity index is 538. The van der Waals surface area contributed by atoms with Crippen molar-refractivity contribution in [2.24, 2.45) is 0 Å². The molecule has 3 heteroatoms. The van der Waals surface area contributed by atoms with Gasteiger partial charge in [0.15, 0.2) is 0 Å². The van der Waals surface area contributed by atoms with Crippen LogP contribution in [0.3, 0.4) is 0 Å². The molecule has 1 heterocycles. The molecule has 3 nitrogen and oxygen atoms in total. The monoisotopic (exact) mass is 197 g/mol. The van der Waals surface area contributed by atoms with Gasteiger partial charge in [-0.1, -0.05) is 18.2 Å². The Kier molecular flexibility index (Phi) is 2.12. The normalized spacial score (nSPS) is 11.3. The molecule has 0 aliphatic heterocycles. The maximum absolute atomic E-state index is 9.00. The molecule has 1 aromatic carbocycles. The zero-order valence-electron chi connectivity index (χ0n) is 8.73. The zero-order chi connectivity index (χ0) is 10.9. The molecule has 0 spiro atoms. The summed E-state index contributed by atoms with van der Waals surface area (Å²) in [5.41, 5.74) is 0.982. The van der Waals surface area contributed by atoms with Crippen molar-refractivity contribution < 1.29 is 0 Å². The zero-order valence-corrected chi connectivity index (χ0v) is 8.73. The van der Waals surface area contributed by atoms with Gasteiger partial charge in [-0.2, -0.15) is 15.5 Å². The summed E-state index contributed by atoms with van der Waals surface area (Å²) in [4.78, 5) is 0. The lowest BCUT2D eigenvalue weighted by Gasteiger charge is -2.13. The molecule has 0 bridgehead atoms. The first-order valence-electron chi connectivity index (χ1n) is 4.78. The van der Waals surface area contributed by atoms with Gasteiger partial charge in [0.2, 0.25) is 0 Å². The molecular formula is C12H11N3. The Hall–Kier alpha value is -1.95. The van der Waals surface area contributed by atoms with Gasteiger partial charge in [0.25, 0.3) is 0 Å². The molecule has 0 aliphatic carbocycles. The summed E-state index contributed by atoms with van der Waals surface area (Å²) in [5, 5.41) is 18.2. The molecule has 1 aromatic heterocycles. The molecule has 0 atom stereocenters. The Balaban J connectivity index is 2.63. The van der Waals surface area contributed by atoms with E-state index in [0.717, 1.165) is 10.9 Å². The molecule has 0 unspecified atom stereocenters. The molecule has 2 rings (SSSR count). The van der Waals surface area contributed by atoms with Crippen LogP contribution in [0, 0.1) is 11.3 Å². The number of nitriles is 1. The van der Waals surface area contributed by atoms with E-state index in [2.05, 4.69) is 16.3 Å². The minimum absolute atomic E-state index is 0.586. The predicted octanol–water partition coefficient (Wildman–Crippen LogP) is 2.43. The highest BCUT2D eigenvalue weighted by Gasteiger charge is 2.22. The largest absolute Gasteiger partial charge is 0.197 e. The van der Waals surface area contributed by atoms with Crippen molar-refractivity contribution in [3.63, 3.8) is 0 Å². The summed E-state index contributed by atoms with van der Waals surface area (Å²) in [6.45, 7) is 3.68. The van der Waals surface area contributed by atoms with Crippen LogP contribution >= 0.6 is 0 Å². The van der Waals surface area contributed by atoms with Crippen molar-refractivity contribution >= 4 is 10.9 Å². The van der Waals surface area contributed by atoms with Gasteiger partial charge in [-0.3, -0.25) is 0 Å². The lowest BCUT2D eigenvalue weighted by Crippen LogP contribution is -2.16. The number of hydrogen-bond donors (Lipinski definition) is 0. The highest BCUT2D eigenvalue weighted by molar-refractivity contribution is 5.78. The average Bonchev–Trinajstić information content (AvgIpc) is 2.28. The molecule has 0 fully saturated rings. The smallest absolute Gasteiger partial charge is 0.0956 e. The van der Waals surface area contributed by atoms with Gasteiger partial charge in [0.1, 0.15) is 0 Å². The van der Waals surface area contributed by atoms with Gasteiger partial charge in [0, 0.05) is 5.39 Å². The van der Waals surface area contributed by atoms with Crippen molar-refractivity contribution in [1.29, 1.82) is 5.26 Å². The van der Waals surface area contributed by atoms with Crippen LogP contribution in [0.2, 0.25) is 0 Å². The summed E-state index contributed by atoms with van der Waals surface area (Å²) in [6.07, 6.45) is 0. The number of aromatic nitrogens is 2. The van der Waals surface area contributed by atoms with E-state index in [1.165, 1.54) is 0 Å². The van der Waals surface area contributed by atoms with Crippen molar-refractivity contribution in [2.45, 2.75) is 19.3 Å². The van der Waals surface area contributed by atoms with E-state index in [-0.39, 0.29) is 0 Å². The summed E-state index contributed by atoms with van der Waals surface area (Å²) >= 11 is 0. The van der Waals surface area contributed by atoms with E-state index in [4.69, 9.17) is 5.26 Å². The number of rotatable bonds is 1. The minimum atomic E-state index is -0.586. The number of fused-ring (bicyclic) bond motifs is 1. The van der Waals surface area contributed by atoms with E-state index in [1.54, 1.807) is 0 Å². The average molecular weight is 197 g/mol. The minimum Gasteiger partial charge on any atom is -0.197 e. The van der Waals surface area contributed by atoms with Gasteiger partial charge in [-0.25, -0.2) is 0 Å². The third-order valence-electron chi connectivity index (χ3n) is 2.41. The second kappa shape index (κ2) is 3.32. The molecule has 0 radical (unpaired) electrons. The molecule has 0 amide bonds. The lowest BCUT2D eigenvalue weighted by atomic mass is 9.90. The van der Waals surface area contributed by atoms with Crippen LogP contribution in [0.1, 0.15) is 19.5 Å². The standard InChI is InChI=1S/C12H11N3/c1-12(2,8-13)11-7-9-5-3-4-6-10(9)14-15-11/h3-7H,1-2H3. The molecule has 0 saturated carbocycles. The summed E-state index contributed by atoms with van der Waals surface area (Å²) in [6, 6.07) is 11.9. The number of benzene rings is 1. The van der Waals surface area contributed by atoms with Crippen LogP contribution in [0.25, 0.3) is 10.9 Å². The number of hydrogen-bond acceptors (Lipinski definition) is 3. The first-order valence-corrected chi connectivity index (χ1v) is 4.78. The Labute approximate surface area is 88.4 Å². The number of nitrogens with zero attached hydrogens (tertiary/aromatic N) is 3. The van der Waals surface area contributed by atoms with E-state index in [0.29, 0.717) is 5.69 Å². The van der Waals surface area contributed by atoms with E-state index in [1.807, 2.05) is 44.2 Å². The maximum atomic E-state index is 9.00. The molecule has 0 N–H and O–H groups in total. The summed E-state index contributed by atoms with van der Waals surface area (Å²) in [7, 11) is 0. The Morgan fingerprint density at radius 1 is 1.20 bits per heavy atom. The van der Waals surface area contributed by atoms with E-state index >= 15 is 0 Å². The third kappa shape index (κ3) is 1.66. The predicted molar refractivity (Wildman–Crippen MR) is 58.2 cm³/mol.